The van der Waals surface area contributed by atoms with Crippen LogP contribution in [0.4, 0.5) is 5.69 Å². The topological polar surface area (TPSA) is 70.9 Å². The van der Waals surface area contributed by atoms with Crippen LogP contribution in [0.3, 0.4) is 0 Å². The molecular weight excluding hydrogens is 180 g/mol. The van der Waals surface area contributed by atoms with Gasteiger partial charge in [-0.3, -0.25) is 0 Å². The fourth-order valence-corrected chi connectivity index (χ4v) is 0.843. The normalized spacial score (nSPS) is 8.83. The lowest BCUT2D eigenvalue weighted by atomic mass is 10.4. The van der Waals surface area contributed by atoms with Crippen molar-refractivity contribution in [2.45, 2.75) is 0 Å². The summed E-state index contributed by atoms with van der Waals surface area (Å²) in [4.78, 5) is 6.36. The zero-order chi connectivity index (χ0) is 8.97. The lowest BCUT2D eigenvalue weighted by Crippen LogP contribution is -1.84. The minimum absolute atomic E-state index is 0.262. The summed E-state index contributed by atoms with van der Waals surface area (Å²) < 4.78 is 4.87. The van der Waals surface area contributed by atoms with Crippen molar-refractivity contribution in [3.63, 3.8) is 0 Å². The average Bonchev–Trinajstić information content (AvgIpc) is 2.05. The van der Waals surface area contributed by atoms with Crippen molar-refractivity contribution in [2.75, 3.05) is 7.11 Å². The highest BCUT2D eigenvalue weighted by atomic mass is 35.5. The number of pyridine rings is 1. The van der Waals surface area contributed by atoms with E-state index in [1.54, 1.807) is 0 Å². The first kappa shape index (κ1) is 8.64. The average molecular weight is 185 g/mol. The van der Waals surface area contributed by atoms with Gasteiger partial charge >= 0.3 is 0 Å². The van der Waals surface area contributed by atoms with Gasteiger partial charge in [0.25, 0.3) is 0 Å². The van der Waals surface area contributed by atoms with Gasteiger partial charge in [0.1, 0.15) is 10.9 Å². The molecule has 0 saturated carbocycles. The number of halogens is 1. The Balaban J connectivity index is 3.20. The van der Waals surface area contributed by atoms with Gasteiger partial charge in [0.15, 0.2) is 0 Å². The Labute approximate surface area is 73.6 Å². The van der Waals surface area contributed by atoms with Crippen LogP contribution in [0.5, 0.6) is 5.75 Å². The Morgan fingerprint density at radius 2 is 2.50 bits per heavy atom. The van der Waals surface area contributed by atoms with E-state index in [9.17, 15) is 0 Å². The molecular formula is C6H5ClN4O. The second-order valence-electron chi connectivity index (χ2n) is 1.87. The quantitative estimate of drug-likeness (QED) is 0.307. The number of aromatic nitrogens is 1. The number of azide groups is 1. The first-order chi connectivity index (χ1) is 5.77. The number of nitrogens with zero attached hydrogens (tertiary/aromatic N) is 4. The molecule has 0 N–H and O–H groups in total. The van der Waals surface area contributed by atoms with Gasteiger partial charge in [0, 0.05) is 4.91 Å². The molecule has 0 bridgehead atoms. The fraction of sp³-hybridized carbons (Fsp3) is 0.167. The zero-order valence-electron chi connectivity index (χ0n) is 6.23. The van der Waals surface area contributed by atoms with Crippen molar-refractivity contribution in [1.82, 2.24) is 4.98 Å². The third-order valence-electron chi connectivity index (χ3n) is 1.19. The SMILES string of the molecule is COc1cnc(Cl)cc1N=[N+]=[N-]. The van der Waals surface area contributed by atoms with E-state index in [0.29, 0.717) is 11.4 Å². The third kappa shape index (κ3) is 1.78. The molecule has 0 amide bonds. The van der Waals surface area contributed by atoms with Crippen LogP contribution < -0.4 is 4.74 Å². The van der Waals surface area contributed by atoms with E-state index < -0.39 is 0 Å². The van der Waals surface area contributed by atoms with Gasteiger partial charge < -0.3 is 4.74 Å². The molecule has 0 aliphatic heterocycles. The molecule has 6 heteroatoms. The van der Waals surface area contributed by atoms with Crippen LogP contribution in [0.15, 0.2) is 17.4 Å². The molecule has 62 valence electrons. The number of ether oxygens (including phenoxy) is 1. The highest BCUT2D eigenvalue weighted by Gasteiger charge is 2.01. The molecule has 0 fully saturated rings. The number of methoxy groups -OCH3 is 1. The smallest absolute Gasteiger partial charge is 0.146 e. The molecule has 12 heavy (non-hydrogen) atoms. The molecule has 1 aromatic rings. The summed E-state index contributed by atoms with van der Waals surface area (Å²) in [5.74, 6) is 0.400. The minimum Gasteiger partial charge on any atom is -0.495 e. The summed E-state index contributed by atoms with van der Waals surface area (Å²) >= 11 is 5.56. The van der Waals surface area contributed by atoms with Crippen molar-refractivity contribution < 1.29 is 4.74 Å². The Morgan fingerprint density at radius 3 is 3.08 bits per heavy atom. The maximum absolute atomic E-state index is 8.17. The maximum Gasteiger partial charge on any atom is 0.146 e. The van der Waals surface area contributed by atoms with Crippen molar-refractivity contribution in [3.05, 3.63) is 27.9 Å². The molecule has 0 aliphatic rings. The van der Waals surface area contributed by atoms with Gasteiger partial charge in [0.2, 0.25) is 0 Å². The zero-order valence-corrected chi connectivity index (χ0v) is 6.99. The number of hydrogen-bond acceptors (Lipinski definition) is 3. The first-order valence-corrected chi connectivity index (χ1v) is 3.40. The largest absolute Gasteiger partial charge is 0.495 e. The number of rotatable bonds is 2. The Morgan fingerprint density at radius 1 is 1.75 bits per heavy atom. The van der Waals surface area contributed by atoms with E-state index >= 15 is 0 Å². The second-order valence-corrected chi connectivity index (χ2v) is 2.26. The van der Waals surface area contributed by atoms with E-state index in [4.69, 9.17) is 21.9 Å². The van der Waals surface area contributed by atoms with Gasteiger partial charge in [0.05, 0.1) is 19.0 Å². The highest BCUT2D eigenvalue weighted by molar-refractivity contribution is 6.29. The molecule has 0 saturated heterocycles. The predicted molar refractivity (Wildman–Crippen MR) is 44.6 cm³/mol. The first-order valence-electron chi connectivity index (χ1n) is 3.02. The third-order valence-corrected chi connectivity index (χ3v) is 1.39. The molecule has 0 radical (unpaired) electrons. The highest BCUT2D eigenvalue weighted by Crippen LogP contribution is 2.28. The molecule has 0 unspecified atom stereocenters. The molecule has 1 heterocycles. The van der Waals surface area contributed by atoms with Crippen LogP contribution in [0.2, 0.25) is 5.15 Å². The monoisotopic (exact) mass is 184 g/mol. The molecule has 0 aromatic carbocycles. The van der Waals surface area contributed by atoms with E-state index in [-0.39, 0.29) is 5.15 Å². The van der Waals surface area contributed by atoms with Crippen LogP contribution >= 0.6 is 11.6 Å². The summed E-state index contributed by atoms with van der Waals surface area (Å²) in [7, 11) is 1.46. The standard InChI is InChI=1S/C6H5ClN4O/c1-12-5-3-9-6(7)2-4(5)10-11-8/h2-3H,1H3. The van der Waals surface area contributed by atoms with E-state index in [1.807, 2.05) is 0 Å². The van der Waals surface area contributed by atoms with Crippen molar-refractivity contribution in [2.24, 2.45) is 5.11 Å². The predicted octanol–water partition coefficient (Wildman–Crippen LogP) is 2.69. The molecule has 1 rings (SSSR count). The van der Waals surface area contributed by atoms with Crippen LogP contribution in [0, 0.1) is 0 Å². The summed E-state index contributed by atoms with van der Waals surface area (Å²) in [5.41, 5.74) is 8.50. The molecule has 0 aliphatic carbocycles. The molecule has 1 aromatic heterocycles. The Kier molecular flexibility index (Phi) is 2.74. The second kappa shape index (κ2) is 3.80. The summed E-state index contributed by atoms with van der Waals surface area (Å²) in [5, 5.41) is 3.63. The van der Waals surface area contributed by atoms with Crippen LogP contribution in [0.25, 0.3) is 10.4 Å². The summed E-state index contributed by atoms with van der Waals surface area (Å²) in [6.45, 7) is 0. The lowest BCUT2D eigenvalue weighted by Gasteiger charge is -2.01. The van der Waals surface area contributed by atoms with Gasteiger partial charge in [-0.05, 0) is 11.6 Å². The summed E-state index contributed by atoms with van der Waals surface area (Å²) in [6.07, 6.45) is 1.40. The molecule has 0 atom stereocenters. The van der Waals surface area contributed by atoms with Crippen LogP contribution in [-0.2, 0) is 0 Å². The van der Waals surface area contributed by atoms with Crippen molar-refractivity contribution >= 4 is 17.3 Å². The lowest BCUT2D eigenvalue weighted by molar-refractivity contribution is 0.414. The van der Waals surface area contributed by atoms with Gasteiger partial charge in [-0.1, -0.05) is 16.7 Å². The maximum atomic E-state index is 8.17. The van der Waals surface area contributed by atoms with E-state index in [1.165, 1.54) is 19.4 Å². The van der Waals surface area contributed by atoms with Gasteiger partial charge in [-0.2, -0.15) is 0 Å². The Hall–Kier alpha value is -1.45. The van der Waals surface area contributed by atoms with Crippen LogP contribution in [-0.4, -0.2) is 12.1 Å². The van der Waals surface area contributed by atoms with Crippen molar-refractivity contribution in [3.8, 4) is 5.75 Å². The van der Waals surface area contributed by atoms with Gasteiger partial charge in [-0.15, -0.1) is 0 Å². The Bertz CT molecular complexity index is 334. The van der Waals surface area contributed by atoms with E-state index in [2.05, 4.69) is 15.0 Å². The van der Waals surface area contributed by atoms with Crippen molar-refractivity contribution in [1.29, 1.82) is 0 Å². The molecule has 0 spiro atoms. The van der Waals surface area contributed by atoms with Crippen LogP contribution in [0.1, 0.15) is 0 Å². The molecule has 5 nitrogen and oxygen atoms in total. The van der Waals surface area contributed by atoms with Gasteiger partial charge in [-0.25, -0.2) is 4.98 Å². The fourth-order valence-electron chi connectivity index (χ4n) is 0.691. The number of hydrogen-bond donors (Lipinski definition) is 0. The van der Waals surface area contributed by atoms with E-state index in [0.717, 1.165) is 0 Å². The minimum atomic E-state index is 0.262. The summed E-state index contributed by atoms with van der Waals surface area (Å²) in [6, 6.07) is 1.43.